The molecule has 1 aromatic heterocycles. The van der Waals surface area contributed by atoms with Crippen LogP contribution in [-0.2, 0) is 5.41 Å². The average molecular weight is 285 g/mol. The highest BCUT2D eigenvalue weighted by Gasteiger charge is 2.40. The number of nitrogens with two attached hydrogens (primary N) is 1. The second kappa shape index (κ2) is 5.71. The fourth-order valence-corrected chi connectivity index (χ4v) is 4.42. The van der Waals surface area contributed by atoms with Crippen LogP contribution in [0.15, 0.2) is 41.8 Å². The van der Waals surface area contributed by atoms with E-state index in [4.69, 9.17) is 5.73 Å². The Morgan fingerprint density at radius 1 is 1.10 bits per heavy atom. The second-order valence-electron chi connectivity index (χ2n) is 6.05. The van der Waals surface area contributed by atoms with Gasteiger partial charge in [-0.1, -0.05) is 49.6 Å². The van der Waals surface area contributed by atoms with Gasteiger partial charge < -0.3 is 5.73 Å². The molecule has 0 amide bonds. The first-order valence-electron chi connectivity index (χ1n) is 7.58. The Morgan fingerprint density at radius 2 is 1.80 bits per heavy atom. The topological polar surface area (TPSA) is 26.0 Å². The first-order valence-corrected chi connectivity index (χ1v) is 8.46. The predicted octanol–water partition coefficient (Wildman–Crippen LogP) is 4.96. The van der Waals surface area contributed by atoms with Crippen molar-refractivity contribution in [1.29, 1.82) is 0 Å². The highest BCUT2D eigenvalue weighted by Crippen LogP contribution is 2.47. The molecule has 0 bridgehead atoms. The normalized spacial score (nSPS) is 19.7. The first kappa shape index (κ1) is 13.8. The van der Waals surface area contributed by atoms with E-state index in [9.17, 15) is 0 Å². The summed E-state index contributed by atoms with van der Waals surface area (Å²) < 4.78 is 0. The molecule has 3 rings (SSSR count). The van der Waals surface area contributed by atoms with Crippen LogP contribution < -0.4 is 5.73 Å². The summed E-state index contributed by atoms with van der Waals surface area (Å²) in [4.78, 5) is 1.36. The van der Waals surface area contributed by atoms with Crippen molar-refractivity contribution in [3.63, 3.8) is 0 Å². The molecule has 106 valence electrons. The minimum absolute atomic E-state index is 0.121. The van der Waals surface area contributed by atoms with Crippen molar-refractivity contribution in [2.45, 2.75) is 50.5 Å². The predicted molar refractivity (Wildman–Crippen MR) is 87.2 cm³/mol. The molecule has 1 atom stereocenters. The third kappa shape index (κ3) is 2.43. The third-order valence-electron chi connectivity index (χ3n) is 4.80. The van der Waals surface area contributed by atoms with Gasteiger partial charge in [0.15, 0.2) is 0 Å². The lowest BCUT2D eigenvalue weighted by molar-refractivity contribution is 0.244. The number of aryl methyl sites for hydroxylation is 1. The summed E-state index contributed by atoms with van der Waals surface area (Å²) in [6.45, 7) is 2.16. The van der Waals surface area contributed by atoms with Crippen LogP contribution in [0, 0.1) is 6.92 Å². The summed E-state index contributed by atoms with van der Waals surface area (Å²) in [6.07, 6.45) is 6.38. The zero-order valence-corrected chi connectivity index (χ0v) is 13.0. The lowest BCUT2D eigenvalue weighted by Gasteiger charge is -2.42. The van der Waals surface area contributed by atoms with Crippen LogP contribution in [0.5, 0.6) is 0 Å². The van der Waals surface area contributed by atoms with Crippen molar-refractivity contribution in [1.82, 2.24) is 0 Å². The van der Waals surface area contributed by atoms with Crippen LogP contribution in [0.2, 0.25) is 0 Å². The molecule has 0 aliphatic heterocycles. The van der Waals surface area contributed by atoms with Gasteiger partial charge in [-0.3, -0.25) is 0 Å². The van der Waals surface area contributed by atoms with Gasteiger partial charge in [0.05, 0.1) is 0 Å². The molecular weight excluding hydrogens is 262 g/mol. The summed E-state index contributed by atoms with van der Waals surface area (Å²) >= 11 is 1.81. The molecule has 1 aromatic carbocycles. The Balaban J connectivity index is 2.01. The summed E-state index contributed by atoms with van der Waals surface area (Å²) in [5.74, 6) is 0. The maximum atomic E-state index is 6.76. The highest BCUT2D eigenvalue weighted by molar-refractivity contribution is 7.10. The monoisotopic (exact) mass is 285 g/mol. The summed E-state index contributed by atoms with van der Waals surface area (Å²) in [6, 6.07) is 13.3. The fourth-order valence-electron chi connectivity index (χ4n) is 3.68. The Bertz CT molecular complexity index is 552. The van der Waals surface area contributed by atoms with E-state index in [1.807, 2.05) is 11.3 Å². The molecule has 1 fully saturated rings. The number of rotatable bonds is 3. The van der Waals surface area contributed by atoms with Gasteiger partial charge in [-0.25, -0.2) is 0 Å². The van der Waals surface area contributed by atoms with E-state index in [-0.39, 0.29) is 11.5 Å². The number of hydrogen-bond acceptors (Lipinski definition) is 2. The quantitative estimate of drug-likeness (QED) is 0.847. The summed E-state index contributed by atoms with van der Waals surface area (Å²) in [5.41, 5.74) is 9.63. The fraction of sp³-hybridized carbons (Fsp3) is 0.444. The van der Waals surface area contributed by atoms with Gasteiger partial charge in [0, 0.05) is 16.3 Å². The average Bonchev–Trinajstić information content (AvgIpc) is 2.94. The van der Waals surface area contributed by atoms with Gasteiger partial charge in [0.2, 0.25) is 0 Å². The smallest absolute Gasteiger partial charge is 0.0401 e. The first-order chi connectivity index (χ1) is 9.72. The Labute approximate surface area is 125 Å². The molecule has 1 unspecified atom stereocenters. The molecule has 1 aliphatic carbocycles. The standard InChI is InChI=1S/C18H23NS/c1-14-12-15(13-20-14)17(19)18(10-6-3-7-11-18)16-8-4-2-5-9-16/h2,4-5,8-9,12-13,17H,3,6-7,10-11,19H2,1H3. The lowest BCUT2D eigenvalue weighted by atomic mass is 9.64. The molecule has 2 N–H and O–H groups in total. The molecular formula is C18H23NS. The molecule has 1 saturated carbocycles. The van der Waals surface area contributed by atoms with E-state index in [0.29, 0.717) is 0 Å². The SMILES string of the molecule is Cc1cc(C(N)C2(c3ccccc3)CCCCC2)cs1. The van der Waals surface area contributed by atoms with Crippen molar-refractivity contribution < 1.29 is 0 Å². The zero-order valence-electron chi connectivity index (χ0n) is 12.1. The molecule has 1 aliphatic rings. The molecule has 0 radical (unpaired) electrons. The van der Waals surface area contributed by atoms with Gasteiger partial charge in [-0.05, 0) is 42.3 Å². The zero-order chi connectivity index (χ0) is 14.0. The largest absolute Gasteiger partial charge is 0.323 e. The Kier molecular flexibility index (Phi) is 3.95. The summed E-state index contributed by atoms with van der Waals surface area (Å²) in [7, 11) is 0. The third-order valence-corrected chi connectivity index (χ3v) is 5.68. The van der Waals surface area contributed by atoms with E-state index in [2.05, 4.69) is 48.7 Å². The number of thiophene rings is 1. The van der Waals surface area contributed by atoms with E-state index in [1.165, 1.54) is 48.1 Å². The van der Waals surface area contributed by atoms with Crippen molar-refractivity contribution in [2.24, 2.45) is 5.73 Å². The van der Waals surface area contributed by atoms with Crippen LogP contribution in [0.4, 0.5) is 0 Å². The second-order valence-corrected chi connectivity index (χ2v) is 7.17. The van der Waals surface area contributed by atoms with E-state index in [1.54, 1.807) is 0 Å². The van der Waals surface area contributed by atoms with E-state index < -0.39 is 0 Å². The Hall–Kier alpha value is -1.12. The Morgan fingerprint density at radius 3 is 2.40 bits per heavy atom. The number of hydrogen-bond donors (Lipinski definition) is 1. The molecule has 0 saturated heterocycles. The van der Waals surface area contributed by atoms with Crippen LogP contribution in [0.1, 0.15) is 54.1 Å². The maximum absolute atomic E-state index is 6.76. The lowest BCUT2D eigenvalue weighted by Crippen LogP contribution is -2.40. The number of benzene rings is 1. The maximum Gasteiger partial charge on any atom is 0.0401 e. The van der Waals surface area contributed by atoms with E-state index >= 15 is 0 Å². The highest BCUT2D eigenvalue weighted by atomic mass is 32.1. The van der Waals surface area contributed by atoms with Gasteiger partial charge in [-0.2, -0.15) is 0 Å². The van der Waals surface area contributed by atoms with Crippen LogP contribution >= 0.6 is 11.3 Å². The van der Waals surface area contributed by atoms with Gasteiger partial charge in [-0.15, -0.1) is 11.3 Å². The van der Waals surface area contributed by atoms with Gasteiger partial charge >= 0.3 is 0 Å². The molecule has 2 aromatic rings. The van der Waals surface area contributed by atoms with Crippen LogP contribution in [-0.4, -0.2) is 0 Å². The minimum atomic E-state index is 0.121. The van der Waals surface area contributed by atoms with Crippen molar-refractivity contribution in [2.75, 3.05) is 0 Å². The molecule has 20 heavy (non-hydrogen) atoms. The van der Waals surface area contributed by atoms with Crippen LogP contribution in [0.3, 0.4) is 0 Å². The van der Waals surface area contributed by atoms with Crippen LogP contribution in [0.25, 0.3) is 0 Å². The molecule has 1 nitrogen and oxygen atoms in total. The molecule has 0 spiro atoms. The molecule has 1 heterocycles. The van der Waals surface area contributed by atoms with Crippen molar-refractivity contribution >= 4 is 11.3 Å². The van der Waals surface area contributed by atoms with Crippen molar-refractivity contribution in [3.05, 3.63) is 57.8 Å². The van der Waals surface area contributed by atoms with Gasteiger partial charge in [0.1, 0.15) is 0 Å². The summed E-state index contributed by atoms with van der Waals surface area (Å²) in [5, 5.41) is 2.25. The van der Waals surface area contributed by atoms with E-state index in [0.717, 1.165) is 0 Å². The van der Waals surface area contributed by atoms with Crippen molar-refractivity contribution in [3.8, 4) is 0 Å². The minimum Gasteiger partial charge on any atom is -0.323 e. The van der Waals surface area contributed by atoms with Gasteiger partial charge in [0.25, 0.3) is 0 Å². The molecule has 2 heteroatoms.